The van der Waals surface area contributed by atoms with E-state index in [0.717, 1.165) is 5.39 Å². The normalized spacial score (nSPS) is 11.1. The van der Waals surface area contributed by atoms with Gasteiger partial charge < -0.3 is 4.74 Å². The van der Waals surface area contributed by atoms with Gasteiger partial charge in [-0.3, -0.25) is 0 Å². The third-order valence-electron chi connectivity index (χ3n) is 2.21. The molecule has 84 valence electrons. The van der Waals surface area contributed by atoms with Gasteiger partial charge in [0.25, 0.3) is 6.43 Å². The highest BCUT2D eigenvalue weighted by Gasteiger charge is 2.12. The molecule has 0 N–H and O–H groups in total. The van der Waals surface area contributed by atoms with Gasteiger partial charge in [0.2, 0.25) is 0 Å². The van der Waals surface area contributed by atoms with Gasteiger partial charge in [-0.1, -0.05) is 15.9 Å². The zero-order valence-corrected chi connectivity index (χ0v) is 9.96. The zero-order valence-electron chi connectivity index (χ0n) is 8.38. The van der Waals surface area contributed by atoms with Crippen molar-refractivity contribution in [2.24, 2.45) is 0 Å². The molecule has 0 aliphatic carbocycles. The molecule has 1 aromatic carbocycles. The molecule has 2 aromatic rings. The molecule has 2 rings (SSSR count). The lowest BCUT2D eigenvalue weighted by Gasteiger charge is -2.06. The largest absolute Gasteiger partial charge is 0.497 e. The summed E-state index contributed by atoms with van der Waals surface area (Å²) in [5.41, 5.74) is 0.287. The van der Waals surface area contributed by atoms with Crippen LogP contribution in [0.1, 0.15) is 12.1 Å². The molecule has 0 saturated carbocycles. The second-order valence-corrected chi connectivity index (χ2v) is 4.07. The minimum absolute atomic E-state index is 0.232. The summed E-state index contributed by atoms with van der Waals surface area (Å²) in [5.74, 6) is 0.666. The van der Waals surface area contributed by atoms with Crippen LogP contribution < -0.4 is 4.74 Å². The number of benzene rings is 1. The van der Waals surface area contributed by atoms with E-state index in [1.54, 1.807) is 25.3 Å². The molecule has 16 heavy (non-hydrogen) atoms. The van der Waals surface area contributed by atoms with E-state index < -0.39 is 6.43 Å². The van der Waals surface area contributed by atoms with E-state index in [4.69, 9.17) is 4.74 Å². The fourth-order valence-corrected chi connectivity index (χ4v) is 1.97. The van der Waals surface area contributed by atoms with Crippen molar-refractivity contribution >= 4 is 26.8 Å². The predicted octanol–water partition coefficient (Wildman–Crippen LogP) is 3.94. The number of hydrogen-bond acceptors (Lipinski definition) is 2. The molecule has 0 fully saturated rings. The number of alkyl halides is 2. The summed E-state index contributed by atoms with van der Waals surface area (Å²) in [6.45, 7) is 0. The highest BCUT2D eigenvalue weighted by Crippen LogP contribution is 2.30. The molecule has 0 bridgehead atoms. The number of hydrogen-bond donors (Lipinski definition) is 0. The number of nitrogens with zero attached hydrogens (tertiary/aromatic N) is 1. The molecule has 0 saturated heterocycles. The van der Waals surface area contributed by atoms with Crippen molar-refractivity contribution in [3.05, 3.63) is 34.4 Å². The summed E-state index contributed by atoms with van der Waals surface area (Å²) in [6, 6.07) is 6.43. The van der Waals surface area contributed by atoms with Crippen LogP contribution in [0.2, 0.25) is 0 Å². The van der Waals surface area contributed by atoms with Crippen molar-refractivity contribution in [3.63, 3.8) is 0 Å². The maximum Gasteiger partial charge on any atom is 0.280 e. The first-order chi connectivity index (χ1) is 7.61. The Hall–Kier alpha value is -1.23. The number of halogens is 3. The van der Waals surface area contributed by atoms with Crippen LogP contribution in [0.3, 0.4) is 0 Å². The lowest BCUT2D eigenvalue weighted by atomic mass is 10.2. The number of pyridine rings is 1. The van der Waals surface area contributed by atoms with Gasteiger partial charge in [0.1, 0.15) is 11.4 Å². The fourth-order valence-electron chi connectivity index (χ4n) is 1.42. The first kappa shape index (κ1) is 11.3. The van der Waals surface area contributed by atoms with Crippen molar-refractivity contribution in [3.8, 4) is 5.75 Å². The second-order valence-electron chi connectivity index (χ2n) is 3.21. The maximum atomic E-state index is 12.5. The first-order valence-electron chi connectivity index (χ1n) is 4.54. The lowest BCUT2D eigenvalue weighted by Crippen LogP contribution is -1.92. The second kappa shape index (κ2) is 4.33. The quantitative estimate of drug-likeness (QED) is 0.835. The van der Waals surface area contributed by atoms with Crippen LogP contribution in [-0.4, -0.2) is 12.1 Å². The molecule has 0 unspecified atom stereocenters. The highest BCUT2D eigenvalue weighted by atomic mass is 79.9. The maximum absolute atomic E-state index is 12.5. The third kappa shape index (κ3) is 2.00. The van der Waals surface area contributed by atoms with E-state index in [2.05, 4.69) is 20.9 Å². The molecule has 0 spiro atoms. The molecule has 0 atom stereocenters. The number of ether oxygens (including phenoxy) is 1. The van der Waals surface area contributed by atoms with E-state index in [1.165, 1.54) is 6.07 Å². The van der Waals surface area contributed by atoms with Crippen molar-refractivity contribution in [2.75, 3.05) is 7.11 Å². The van der Waals surface area contributed by atoms with E-state index in [9.17, 15) is 8.78 Å². The van der Waals surface area contributed by atoms with E-state index in [0.29, 0.717) is 15.7 Å². The summed E-state index contributed by atoms with van der Waals surface area (Å²) in [5, 5.41) is 0.753. The topological polar surface area (TPSA) is 22.1 Å². The number of methoxy groups -OCH3 is 1. The van der Waals surface area contributed by atoms with Gasteiger partial charge >= 0.3 is 0 Å². The summed E-state index contributed by atoms with van der Waals surface area (Å²) in [7, 11) is 1.55. The molecule has 0 radical (unpaired) electrons. The Kier molecular flexibility index (Phi) is 3.05. The van der Waals surface area contributed by atoms with Gasteiger partial charge in [-0.15, -0.1) is 0 Å². The van der Waals surface area contributed by atoms with Crippen molar-refractivity contribution in [2.45, 2.75) is 6.43 Å². The molecular formula is C11H8BrF2NO. The Bertz CT molecular complexity index is 531. The summed E-state index contributed by atoms with van der Waals surface area (Å²) < 4.78 is 30.7. The van der Waals surface area contributed by atoms with Crippen LogP contribution in [0.5, 0.6) is 5.75 Å². The van der Waals surface area contributed by atoms with Crippen LogP contribution >= 0.6 is 15.9 Å². The van der Waals surface area contributed by atoms with Gasteiger partial charge in [-0.05, 0) is 24.3 Å². The fraction of sp³-hybridized carbons (Fsp3) is 0.182. The summed E-state index contributed by atoms with van der Waals surface area (Å²) in [6.07, 6.45) is -2.57. The van der Waals surface area contributed by atoms with Crippen molar-refractivity contribution < 1.29 is 13.5 Å². The predicted molar refractivity (Wildman–Crippen MR) is 61.0 cm³/mol. The van der Waals surface area contributed by atoms with Crippen molar-refractivity contribution in [1.82, 2.24) is 4.98 Å². The molecule has 5 heteroatoms. The minimum atomic E-state index is -2.57. The van der Waals surface area contributed by atoms with E-state index in [-0.39, 0.29) is 5.69 Å². The first-order valence-corrected chi connectivity index (χ1v) is 5.33. The Balaban J connectivity index is 2.66. The van der Waals surface area contributed by atoms with Gasteiger partial charge in [0, 0.05) is 9.86 Å². The van der Waals surface area contributed by atoms with E-state index >= 15 is 0 Å². The number of aromatic nitrogens is 1. The minimum Gasteiger partial charge on any atom is -0.497 e. The average molecular weight is 288 g/mol. The summed E-state index contributed by atoms with van der Waals surface area (Å²) in [4.78, 5) is 3.88. The Morgan fingerprint density at radius 2 is 2.06 bits per heavy atom. The SMILES string of the molecule is COc1ccc2nc(C(F)F)cc(Br)c2c1. The monoisotopic (exact) mass is 287 g/mol. The zero-order chi connectivity index (χ0) is 11.7. The van der Waals surface area contributed by atoms with Crippen LogP contribution in [-0.2, 0) is 0 Å². The molecular weight excluding hydrogens is 280 g/mol. The third-order valence-corrected chi connectivity index (χ3v) is 2.86. The molecule has 0 aliphatic rings. The highest BCUT2D eigenvalue weighted by molar-refractivity contribution is 9.10. The van der Waals surface area contributed by atoms with E-state index in [1.807, 2.05) is 0 Å². The van der Waals surface area contributed by atoms with Crippen LogP contribution in [0.15, 0.2) is 28.7 Å². The lowest BCUT2D eigenvalue weighted by molar-refractivity contribution is 0.146. The van der Waals surface area contributed by atoms with Gasteiger partial charge in [0.05, 0.1) is 12.6 Å². The van der Waals surface area contributed by atoms with Crippen molar-refractivity contribution in [1.29, 1.82) is 0 Å². The Morgan fingerprint density at radius 3 is 2.69 bits per heavy atom. The molecule has 1 heterocycles. The Labute approximate surface area is 99.4 Å². The molecule has 0 amide bonds. The van der Waals surface area contributed by atoms with Gasteiger partial charge in [0.15, 0.2) is 0 Å². The van der Waals surface area contributed by atoms with Crippen LogP contribution in [0.25, 0.3) is 10.9 Å². The Morgan fingerprint density at radius 1 is 1.31 bits per heavy atom. The van der Waals surface area contributed by atoms with Crippen LogP contribution in [0.4, 0.5) is 8.78 Å². The average Bonchev–Trinajstić information content (AvgIpc) is 2.28. The summed E-state index contributed by atoms with van der Waals surface area (Å²) >= 11 is 3.25. The van der Waals surface area contributed by atoms with Gasteiger partial charge in [-0.2, -0.15) is 0 Å². The smallest absolute Gasteiger partial charge is 0.280 e. The van der Waals surface area contributed by atoms with Crippen LogP contribution in [0, 0.1) is 0 Å². The molecule has 1 aromatic heterocycles. The number of fused-ring (bicyclic) bond motifs is 1. The number of rotatable bonds is 2. The molecule has 0 aliphatic heterocycles. The van der Waals surface area contributed by atoms with Gasteiger partial charge in [-0.25, -0.2) is 13.8 Å². The standard InChI is InChI=1S/C11H8BrF2NO/c1-16-6-2-3-9-7(4-6)8(12)5-10(15-9)11(13)14/h2-5,11H,1H3. The molecule has 2 nitrogen and oxygen atoms in total.